The number of carboxylic acids is 1. The average molecular weight is 489 g/mol. The van der Waals surface area contributed by atoms with Gasteiger partial charge in [-0.05, 0) is 36.6 Å². The van der Waals surface area contributed by atoms with Gasteiger partial charge in [-0.1, -0.05) is 44.2 Å². The fourth-order valence-electron chi connectivity index (χ4n) is 4.41. The van der Waals surface area contributed by atoms with Gasteiger partial charge in [0.1, 0.15) is 12.1 Å². The standard InChI is InChI=1S/C22H30N4O5S.C2H2/c1-22(2)11-16-26(20(29)14(9-10-32-16)24-15(27)12-23-3)18(22)19(28)25-17(21(30)31)13-7-5-4-6-8-13;1-2/h4-8,14,16-18,23H,9-12H2,1-3H3,(H,24,27)(H,25,28)(H,30,31);1-2H/t14-,16?,17?,18+;/m0./s1. The van der Waals surface area contributed by atoms with Gasteiger partial charge in [0.25, 0.3) is 0 Å². The lowest BCUT2D eigenvalue weighted by Crippen LogP contribution is -2.57. The number of amides is 3. The van der Waals surface area contributed by atoms with Gasteiger partial charge < -0.3 is 26.0 Å². The number of likely N-dealkylation sites (N-methyl/N-ethyl adjacent to an activating group) is 1. The van der Waals surface area contributed by atoms with Gasteiger partial charge in [-0.25, -0.2) is 4.79 Å². The highest BCUT2D eigenvalue weighted by Gasteiger charge is 2.54. The van der Waals surface area contributed by atoms with Gasteiger partial charge in [0, 0.05) is 0 Å². The minimum Gasteiger partial charge on any atom is -0.479 e. The van der Waals surface area contributed by atoms with Crippen LogP contribution in [-0.4, -0.2) is 70.5 Å². The topological polar surface area (TPSA) is 128 Å². The molecule has 1 aromatic rings. The number of thioether (sulfide) groups is 1. The molecule has 2 heterocycles. The van der Waals surface area contributed by atoms with Crippen molar-refractivity contribution in [2.45, 2.75) is 50.2 Å². The van der Waals surface area contributed by atoms with Crippen LogP contribution in [0.5, 0.6) is 0 Å². The molecule has 0 aromatic heterocycles. The van der Waals surface area contributed by atoms with E-state index in [4.69, 9.17) is 0 Å². The first-order chi connectivity index (χ1) is 16.2. The Hall–Kier alpha value is -3.03. The fourth-order valence-corrected chi connectivity index (χ4v) is 5.99. The number of nitrogens with zero attached hydrogens (tertiary/aromatic N) is 1. The van der Waals surface area contributed by atoms with Gasteiger partial charge in [0.15, 0.2) is 6.04 Å². The van der Waals surface area contributed by atoms with E-state index in [0.29, 0.717) is 24.2 Å². The van der Waals surface area contributed by atoms with Crippen LogP contribution in [0.25, 0.3) is 0 Å². The summed E-state index contributed by atoms with van der Waals surface area (Å²) in [6.07, 6.45) is 9.07. The second kappa shape index (κ2) is 11.9. The Morgan fingerprint density at radius 3 is 2.47 bits per heavy atom. The van der Waals surface area contributed by atoms with Gasteiger partial charge in [-0.3, -0.25) is 14.4 Å². The second-order valence-corrected chi connectivity index (χ2v) is 10.1. The third kappa shape index (κ3) is 6.10. The van der Waals surface area contributed by atoms with Crippen LogP contribution in [0, 0.1) is 18.3 Å². The quantitative estimate of drug-likeness (QED) is 0.421. The molecule has 2 aliphatic heterocycles. The summed E-state index contributed by atoms with van der Waals surface area (Å²) in [7, 11) is 1.65. The lowest BCUT2D eigenvalue weighted by molar-refractivity contribution is -0.146. The van der Waals surface area contributed by atoms with Gasteiger partial charge in [0.05, 0.1) is 11.9 Å². The lowest BCUT2D eigenvalue weighted by Gasteiger charge is -2.34. The van der Waals surface area contributed by atoms with Crippen LogP contribution in [0.4, 0.5) is 0 Å². The smallest absolute Gasteiger partial charge is 0.330 e. The number of rotatable bonds is 7. The SMILES string of the molecule is C#C.CNCC(=O)N[C@H]1CCSC2CC(C)(C)[C@@H](C(=O)NC(C(=O)O)c3ccccc3)N2C1=O. The first-order valence-electron chi connectivity index (χ1n) is 10.9. The summed E-state index contributed by atoms with van der Waals surface area (Å²) in [5, 5.41) is 17.7. The molecule has 0 bridgehead atoms. The van der Waals surface area contributed by atoms with E-state index in [1.54, 1.807) is 54.0 Å². The predicted octanol–water partition coefficient (Wildman–Crippen LogP) is 0.972. The fraction of sp³-hybridized carbons (Fsp3) is 0.500. The molecule has 1 aromatic carbocycles. The van der Waals surface area contributed by atoms with Crippen molar-refractivity contribution in [1.29, 1.82) is 0 Å². The van der Waals surface area contributed by atoms with Crippen molar-refractivity contribution in [2.75, 3.05) is 19.3 Å². The van der Waals surface area contributed by atoms with Crippen LogP contribution < -0.4 is 16.0 Å². The molecule has 0 aliphatic carbocycles. The summed E-state index contributed by atoms with van der Waals surface area (Å²) in [4.78, 5) is 52.4. The Labute approximate surface area is 204 Å². The Morgan fingerprint density at radius 2 is 1.88 bits per heavy atom. The summed E-state index contributed by atoms with van der Waals surface area (Å²) in [5.74, 6) is -1.61. The number of nitrogens with one attached hydrogen (secondary N) is 3. The van der Waals surface area contributed by atoms with Gasteiger partial charge >= 0.3 is 5.97 Å². The molecule has 3 amide bonds. The Morgan fingerprint density at radius 1 is 1.24 bits per heavy atom. The number of carbonyl (C=O) groups is 4. The van der Waals surface area contributed by atoms with E-state index in [1.165, 1.54) is 0 Å². The van der Waals surface area contributed by atoms with Crippen LogP contribution in [0.1, 0.15) is 38.3 Å². The molecule has 2 unspecified atom stereocenters. The van der Waals surface area contributed by atoms with Gasteiger partial charge in [0.2, 0.25) is 17.7 Å². The first-order valence-corrected chi connectivity index (χ1v) is 12.0. The minimum absolute atomic E-state index is 0.0904. The average Bonchev–Trinajstić information content (AvgIpc) is 2.99. The number of benzene rings is 1. The summed E-state index contributed by atoms with van der Waals surface area (Å²) in [6, 6.07) is 5.68. The van der Waals surface area contributed by atoms with Crippen LogP contribution in [0.2, 0.25) is 0 Å². The number of fused-ring (bicyclic) bond motifs is 1. The van der Waals surface area contributed by atoms with Gasteiger partial charge in [-0.2, -0.15) is 0 Å². The summed E-state index contributed by atoms with van der Waals surface area (Å²) >= 11 is 1.59. The molecule has 10 heteroatoms. The first kappa shape index (κ1) is 27.2. The van der Waals surface area contributed by atoms with Crippen LogP contribution in [0.15, 0.2) is 30.3 Å². The van der Waals surface area contributed by atoms with Crippen LogP contribution in [0.3, 0.4) is 0 Å². The molecule has 3 rings (SSSR count). The van der Waals surface area contributed by atoms with Crippen molar-refractivity contribution < 1.29 is 24.3 Å². The van der Waals surface area contributed by atoms with E-state index in [-0.39, 0.29) is 23.7 Å². The molecule has 0 spiro atoms. The molecular formula is C24H32N4O5S. The second-order valence-electron chi connectivity index (χ2n) is 8.80. The zero-order chi connectivity index (χ0) is 25.5. The molecular weight excluding hydrogens is 456 g/mol. The van der Waals surface area contributed by atoms with E-state index in [9.17, 15) is 24.3 Å². The summed E-state index contributed by atoms with van der Waals surface area (Å²) < 4.78 is 0. The van der Waals surface area contributed by atoms with Crippen molar-refractivity contribution in [3.63, 3.8) is 0 Å². The Bertz CT molecular complexity index is 920. The summed E-state index contributed by atoms with van der Waals surface area (Å²) in [5.41, 5.74) is -0.108. The predicted molar refractivity (Wildman–Crippen MR) is 131 cm³/mol. The van der Waals surface area contributed by atoms with Crippen LogP contribution in [-0.2, 0) is 19.2 Å². The third-order valence-electron chi connectivity index (χ3n) is 5.89. The molecule has 34 heavy (non-hydrogen) atoms. The molecule has 2 saturated heterocycles. The Kier molecular flexibility index (Phi) is 9.53. The van der Waals surface area contributed by atoms with Crippen molar-refractivity contribution in [1.82, 2.24) is 20.9 Å². The molecule has 4 atom stereocenters. The number of carbonyl (C=O) groups excluding carboxylic acids is 3. The number of aliphatic carboxylic acids is 1. The molecule has 9 nitrogen and oxygen atoms in total. The van der Waals surface area contributed by atoms with Crippen molar-refractivity contribution in [2.24, 2.45) is 5.41 Å². The number of terminal acetylenes is 1. The highest BCUT2D eigenvalue weighted by molar-refractivity contribution is 7.99. The number of hydrogen-bond donors (Lipinski definition) is 4. The number of hydrogen-bond acceptors (Lipinski definition) is 6. The maximum atomic E-state index is 13.4. The molecule has 4 N–H and O–H groups in total. The zero-order valence-corrected chi connectivity index (χ0v) is 20.4. The highest BCUT2D eigenvalue weighted by Crippen LogP contribution is 2.46. The molecule has 184 valence electrons. The van der Waals surface area contributed by atoms with E-state index in [0.717, 1.165) is 0 Å². The monoisotopic (exact) mass is 488 g/mol. The van der Waals surface area contributed by atoms with Crippen LogP contribution >= 0.6 is 11.8 Å². The highest BCUT2D eigenvalue weighted by atomic mass is 32.2. The zero-order valence-electron chi connectivity index (χ0n) is 19.6. The maximum Gasteiger partial charge on any atom is 0.330 e. The summed E-state index contributed by atoms with van der Waals surface area (Å²) in [6.45, 7) is 3.91. The van der Waals surface area contributed by atoms with Crippen molar-refractivity contribution in [3.8, 4) is 12.8 Å². The van der Waals surface area contributed by atoms with E-state index in [1.807, 2.05) is 13.8 Å². The van der Waals surface area contributed by atoms with E-state index in [2.05, 4.69) is 28.8 Å². The third-order valence-corrected chi connectivity index (χ3v) is 7.14. The molecule has 0 radical (unpaired) electrons. The minimum atomic E-state index is -1.22. The molecule has 0 saturated carbocycles. The largest absolute Gasteiger partial charge is 0.479 e. The normalized spacial score (nSPS) is 24.0. The lowest BCUT2D eigenvalue weighted by atomic mass is 9.83. The maximum absolute atomic E-state index is 13.4. The van der Waals surface area contributed by atoms with E-state index >= 15 is 0 Å². The Balaban J connectivity index is 0.00000199. The van der Waals surface area contributed by atoms with Crippen molar-refractivity contribution in [3.05, 3.63) is 35.9 Å². The van der Waals surface area contributed by atoms with Crippen molar-refractivity contribution >= 4 is 35.5 Å². The molecule has 2 aliphatic rings. The van der Waals surface area contributed by atoms with Gasteiger partial charge in [-0.15, -0.1) is 24.6 Å². The van der Waals surface area contributed by atoms with E-state index < -0.39 is 35.4 Å². The molecule has 2 fully saturated rings. The number of carboxylic acid groups (broad SMARTS) is 1.